The summed E-state index contributed by atoms with van der Waals surface area (Å²) in [6, 6.07) is 6.31. The van der Waals surface area contributed by atoms with Crippen molar-refractivity contribution >= 4 is 11.6 Å². The molecule has 86 valence electrons. The monoisotopic (exact) mass is 222 g/mol. The van der Waals surface area contributed by atoms with Crippen LogP contribution in [0.3, 0.4) is 0 Å². The van der Waals surface area contributed by atoms with Crippen LogP contribution in [0.5, 0.6) is 0 Å². The van der Waals surface area contributed by atoms with Crippen LogP contribution in [-0.4, -0.2) is 22.8 Å². The average Bonchev–Trinajstić information content (AvgIpc) is 2.28. The van der Waals surface area contributed by atoms with Crippen molar-refractivity contribution in [3.63, 3.8) is 0 Å². The van der Waals surface area contributed by atoms with Gasteiger partial charge in [-0.1, -0.05) is 19.1 Å². The molecule has 0 spiro atoms. The second-order valence-electron chi connectivity index (χ2n) is 3.53. The van der Waals surface area contributed by atoms with Gasteiger partial charge in [0.15, 0.2) is 0 Å². The fourth-order valence-corrected chi connectivity index (χ4v) is 1.40. The van der Waals surface area contributed by atoms with E-state index in [1.165, 1.54) is 12.1 Å². The number of nitro benzene ring substituents is 1. The van der Waals surface area contributed by atoms with Gasteiger partial charge in [0.2, 0.25) is 5.91 Å². The van der Waals surface area contributed by atoms with Crippen molar-refractivity contribution < 1.29 is 9.72 Å². The van der Waals surface area contributed by atoms with Crippen LogP contribution >= 0.6 is 0 Å². The fraction of sp³-hybridized carbons (Fsp3) is 0.364. The third-order valence-corrected chi connectivity index (χ3v) is 2.27. The van der Waals surface area contributed by atoms with E-state index in [2.05, 4.69) is 0 Å². The summed E-state index contributed by atoms with van der Waals surface area (Å²) in [4.78, 5) is 23.0. The van der Waals surface area contributed by atoms with Gasteiger partial charge in [0.25, 0.3) is 5.69 Å². The number of nitro groups is 1. The van der Waals surface area contributed by atoms with Crippen LogP contribution in [0.4, 0.5) is 5.69 Å². The highest BCUT2D eigenvalue weighted by Gasteiger charge is 2.09. The van der Waals surface area contributed by atoms with E-state index in [4.69, 9.17) is 0 Å². The maximum Gasteiger partial charge on any atom is 0.269 e. The molecule has 0 bridgehead atoms. The predicted octanol–water partition coefficient (Wildman–Crippen LogP) is 1.96. The predicted molar refractivity (Wildman–Crippen MR) is 59.9 cm³/mol. The number of non-ortho nitro benzene ring substituents is 1. The molecule has 5 heteroatoms. The van der Waals surface area contributed by atoms with Crippen molar-refractivity contribution in [2.24, 2.45) is 0 Å². The van der Waals surface area contributed by atoms with Gasteiger partial charge in [0.05, 0.1) is 4.92 Å². The quantitative estimate of drug-likeness (QED) is 0.577. The highest BCUT2D eigenvalue weighted by Crippen LogP contribution is 2.14. The molecule has 0 saturated carbocycles. The SMILES string of the molecule is CCC(=O)N(C)Cc1cccc([N+](=O)[O-])c1. The van der Waals surface area contributed by atoms with Crippen LogP contribution in [-0.2, 0) is 11.3 Å². The molecule has 0 atom stereocenters. The summed E-state index contributed by atoms with van der Waals surface area (Å²) in [5, 5.41) is 10.6. The Bertz CT molecular complexity index is 404. The molecule has 0 saturated heterocycles. The third kappa shape index (κ3) is 3.05. The molecule has 1 aromatic rings. The molecule has 0 radical (unpaired) electrons. The van der Waals surface area contributed by atoms with E-state index in [1.807, 2.05) is 0 Å². The highest BCUT2D eigenvalue weighted by atomic mass is 16.6. The first-order valence-corrected chi connectivity index (χ1v) is 5.02. The Balaban J connectivity index is 2.78. The van der Waals surface area contributed by atoms with E-state index in [-0.39, 0.29) is 11.6 Å². The normalized spacial score (nSPS) is 9.88. The van der Waals surface area contributed by atoms with Crippen LogP contribution in [0, 0.1) is 10.1 Å². The summed E-state index contributed by atoms with van der Waals surface area (Å²) in [6.07, 6.45) is 0.436. The third-order valence-electron chi connectivity index (χ3n) is 2.27. The summed E-state index contributed by atoms with van der Waals surface area (Å²) < 4.78 is 0. The Morgan fingerprint density at radius 3 is 2.75 bits per heavy atom. The minimum atomic E-state index is -0.439. The molecule has 0 unspecified atom stereocenters. The Morgan fingerprint density at radius 2 is 2.19 bits per heavy atom. The first-order chi connectivity index (χ1) is 7.54. The van der Waals surface area contributed by atoms with E-state index in [1.54, 1.807) is 31.0 Å². The summed E-state index contributed by atoms with van der Waals surface area (Å²) in [6.45, 7) is 2.18. The van der Waals surface area contributed by atoms with E-state index in [0.29, 0.717) is 13.0 Å². The maximum atomic E-state index is 11.3. The van der Waals surface area contributed by atoms with Crippen LogP contribution in [0.2, 0.25) is 0 Å². The molecule has 5 nitrogen and oxygen atoms in total. The lowest BCUT2D eigenvalue weighted by atomic mass is 10.2. The minimum absolute atomic E-state index is 0.0199. The van der Waals surface area contributed by atoms with Gasteiger partial charge in [-0.25, -0.2) is 0 Å². The smallest absolute Gasteiger partial charge is 0.269 e. The molecule has 0 heterocycles. The number of hydrogen-bond donors (Lipinski definition) is 0. The first kappa shape index (κ1) is 12.2. The Kier molecular flexibility index (Phi) is 3.99. The van der Waals surface area contributed by atoms with Gasteiger partial charge < -0.3 is 4.90 Å². The molecule has 1 aromatic carbocycles. The standard InChI is InChI=1S/C11H14N2O3/c1-3-11(14)12(2)8-9-5-4-6-10(7-9)13(15)16/h4-7H,3,8H2,1-2H3. The molecular formula is C11H14N2O3. The van der Waals surface area contributed by atoms with Crippen LogP contribution in [0.25, 0.3) is 0 Å². The van der Waals surface area contributed by atoms with Crippen LogP contribution in [0.15, 0.2) is 24.3 Å². The topological polar surface area (TPSA) is 63.5 Å². The van der Waals surface area contributed by atoms with Crippen LogP contribution in [0.1, 0.15) is 18.9 Å². The van der Waals surface area contributed by atoms with Crippen molar-refractivity contribution in [2.75, 3.05) is 7.05 Å². The number of amides is 1. The van der Waals surface area contributed by atoms with Gasteiger partial charge in [0, 0.05) is 32.1 Å². The second kappa shape index (κ2) is 5.25. The van der Waals surface area contributed by atoms with Crippen molar-refractivity contribution in [3.8, 4) is 0 Å². The van der Waals surface area contributed by atoms with Gasteiger partial charge in [-0.3, -0.25) is 14.9 Å². The first-order valence-electron chi connectivity index (χ1n) is 5.02. The van der Waals surface area contributed by atoms with E-state index >= 15 is 0 Å². The van der Waals surface area contributed by atoms with E-state index < -0.39 is 4.92 Å². The van der Waals surface area contributed by atoms with Crippen molar-refractivity contribution in [1.29, 1.82) is 0 Å². The summed E-state index contributed by atoms with van der Waals surface area (Å²) in [5.41, 5.74) is 0.813. The van der Waals surface area contributed by atoms with Crippen molar-refractivity contribution in [1.82, 2.24) is 4.90 Å². The summed E-state index contributed by atoms with van der Waals surface area (Å²) in [5.74, 6) is 0.0199. The van der Waals surface area contributed by atoms with Crippen molar-refractivity contribution in [2.45, 2.75) is 19.9 Å². The molecule has 0 N–H and O–H groups in total. The maximum absolute atomic E-state index is 11.3. The molecule has 0 aliphatic heterocycles. The molecule has 1 rings (SSSR count). The highest BCUT2D eigenvalue weighted by molar-refractivity contribution is 5.75. The van der Waals surface area contributed by atoms with Gasteiger partial charge >= 0.3 is 0 Å². The van der Waals surface area contributed by atoms with E-state index in [0.717, 1.165) is 5.56 Å². The molecule has 0 aliphatic carbocycles. The number of benzene rings is 1. The Labute approximate surface area is 93.8 Å². The largest absolute Gasteiger partial charge is 0.341 e. The number of nitrogens with zero attached hydrogens (tertiary/aromatic N) is 2. The number of hydrogen-bond acceptors (Lipinski definition) is 3. The number of carbonyl (C=O) groups is 1. The second-order valence-corrected chi connectivity index (χ2v) is 3.53. The fourth-order valence-electron chi connectivity index (χ4n) is 1.40. The zero-order valence-corrected chi connectivity index (χ0v) is 9.34. The zero-order valence-electron chi connectivity index (χ0n) is 9.34. The number of rotatable bonds is 4. The van der Waals surface area contributed by atoms with Crippen molar-refractivity contribution in [3.05, 3.63) is 39.9 Å². The molecule has 1 amide bonds. The molecule has 0 aliphatic rings. The van der Waals surface area contributed by atoms with Gasteiger partial charge in [-0.15, -0.1) is 0 Å². The molecular weight excluding hydrogens is 208 g/mol. The average molecular weight is 222 g/mol. The van der Waals surface area contributed by atoms with Crippen LogP contribution < -0.4 is 0 Å². The summed E-state index contributed by atoms with van der Waals surface area (Å²) in [7, 11) is 1.69. The lowest BCUT2D eigenvalue weighted by Crippen LogP contribution is -2.25. The van der Waals surface area contributed by atoms with Gasteiger partial charge in [-0.2, -0.15) is 0 Å². The summed E-state index contributed by atoms with van der Waals surface area (Å²) >= 11 is 0. The molecule has 0 aromatic heterocycles. The lowest BCUT2D eigenvalue weighted by Gasteiger charge is -2.15. The Hall–Kier alpha value is -1.91. The van der Waals surface area contributed by atoms with Gasteiger partial charge in [-0.05, 0) is 5.56 Å². The number of carbonyl (C=O) groups excluding carboxylic acids is 1. The molecule has 16 heavy (non-hydrogen) atoms. The lowest BCUT2D eigenvalue weighted by molar-refractivity contribution is -0.384. The zero-order chi connectivity index (χ0) is 12.1. The molecule has 0 fully saturated rings. The van der Waals surface area contributed by atoms with E-state index in [9.17, 15) is 14.9 Å². The Morgan fingerprint density at radius 1 is 1.50 bits per heavy atom. The minimum Gasteiger partial charge on any atom is -0.341 e. The van der Waals surface area contributed by atoms with Gasteiger partial charge in [0.1, 0.15) is 0 Å².